The molecule has 0 aromatic carbocycles. The van der Waals surface area contributed by atoms with Crippen molar-refractivity contribution in [3.63, 3.8) is 0 Å². The van der Waals surface area contributed by atoms with E-state index in [0.29, 0.717) is 0 Å². The summed E-state index contributed by atoms with van der Waals surface area (Å²) >= 11 is 0. The Bertz CT molecular complexity index is 305. The normalized spacial score (nSPS) is 12.4. The summed E-state index contributed by atoms with van der Waals surface area (Å²) in [5, 5.41) is 0.241. The summed E-state index contributed by atoms with van der Waals surface area (Å²) in [7, 11) is -1.27. The molecule has 1 amide bonds. The van der Waals surface area contributed by atoms with Crippen LogP contribution in [0.5, 0.6) is 0 Å². The lowest BCUT2D eigenvalue weighted by molar-refractivity contribution is 0.0996. The number of nitrogens with two attached hydrogens (primary N) is 1. The van der Waals surface area contributed by atoms with E-state index in [4.69, 9.17) is 5.73 Å². The summed E-state index contributed by atoms with van der Waals surface area (Å²) in [4.78, 5) is 14.6. The molecule has 1 unspecified atom stereocenters. The van der Waals surface area contributed by atoms with E-state index < -0.39 is 16.7 Å². The van der Waals surface area contributed by atoms with Gasteiger partial charge in [-0.1, -0.05) is 0 Å². The van der Waals surface area contributed by atoms with E-state index in [-0.39, 0.29) is 10.6 Å². The zero-order chi connectivity index (χ0) is 9.14. The zero-order valence-corrected chi connectivity index (χ0v) is 7.30. The minimum atomic E-state index is -1.27. The van der Waals surface area contributed by atoms with Crippen molar-refractivity contribution >= 4 is 16.7 Å². The number of amides is 1. The number of carbonyl (C=O) groups excluding carboxylic acids is 1. The van der Waals surface area contributed by atoms with Crippen molar-refractivity contribution in [2.45, 2.75) is 5.03 Å². The highest BCUT2D eigenvalue weighted by Crippen LogP contribution is 2.07. The van der Waals surface area contributed by atoms with Crippen LogP contribution in [0.2, 0.25) is 0 Å². The van der Waals surface area contributed by atoms with Gasteiger partial charge < -0.3 is 5.73 Å². The Morgan fingerprint density at radius 3 is 2.75 bits per heavy atom. The number of hydrogen-bond donors (Lipinski definition) is 1. The van der Waals surface area contributed by atoms with Crippen molar-refractivity contribution in [1.29, 1.82) is 0 Å². The lowest BCUT2D eigenvalue weighted by Crippen LogP contribution is -2.14. The maximum Gasteiger partial charge on any atom is 0.251 e. The van der Waals surface area contributed by atoms with Gasteiger partial charge in [0.1, 0.15) is 5.03 Å². The van der Waals surface area contributed by atoms with Crippen LogP contribution in [0.3, 0.4) is 0 Å². The molecule has 0 fully saturated rings. The van der Waals surface area contributed by atoms with Gasteiger partial charge in [-0.15, -0.1) is 0 Å². The van der Waals surface area contributed by atoms with E-state index in [1.54, 1.807) is 6.07 Å². The second kappa shape index (κ2) is 3.44. The molecule has 5 heteroatoms. The van der Waals surface area contributed by atoms with Crippen LogP contribution in [0.25, 0.3) is 0 Å². The predicted octanol–water partition coefficient (Wildman–Crippen LogP) is -0.0821. The number of nitrogens with zero attached hydrogens (tertiary/aromatic N) is 1. The Hall–Kier alpha value is -1.23. The smallest absolute Gasteiger partial charge is 0.251 e. The SMILES string of the molecule is CS(=O)c1ncccc1C(N)=O. The van der Waals surface area contributed by atoms with Crippen LogP contribution < -0.4 is 5.73 Å². The molecule has 0 radical (unpaired) electrons. The highest BCUT2D eigenvalue weighted by molar-refractivity contribution is 7.84. The van der Waals surface area contributed by atoms with Crippen LogP contribution in [0.1, 0.15) is 10.4 Å². The minimum Gasteiger partial charge on any atom is -0.366 e. The first-order valence-corrected chi connectivity index (χ1v) is 4.77. The summed E-state index contributed by atoms with van der Waals surface area (Å²) < 4.78 is 11.0. The van der Waals surface area contributed by atoms with E-state index >= 15 is 0 Å². The Balaban J connectivity index is 3.27. The van der Waals surface area contributed by atoms with Crippen molar-refractivity contribution in [2.75, 3.05) is 6.26 Å². The average Bonchev–Trinajstić information content (AvgIpc) is 2.04. The molecular formula is C7H8N2O2S. The van der Waals surface area contributed by atoms with Gasteiger partial charge in [0.25, 0.3) is 5.91 Å². The molecule has 0 bridgehead atoms. The monoisotopic (exact) mass is 184 g/mol. The van der Waals surface area contributed by atoms with Crippen LogP contribution >= 0.6 is 0 Å². The summed E-state index contributed by atoms with van der Waals surface area (Å²) in [6.07, 6.45) is 2.93. The lowest BCUT2D eigenvalue weighted by atomic mass is 10.3. The van der Waals surface area contributed by atoms with Gasteiger partial charge in [0.2, 0.25) is 0 Å². The number of primary amides is 1. The lowest BCUT2D eigenvalue weighted by Gasteiger charge is -1.99. The van der Waals surface area contributed by atoms with Crippen LogP contribution in [0.15, 0.2) is 23.4 Å². The number of pyridine rings is 1. The summed E-state index contributed by atoms with van der Waals surface area (Å²) in [6, 6.07) is 3.09. The maximum absolute atomic E-state index is 11.0. The van der Waals surface area contributed by atoms with Crippen molar-refractivity contribution in [2.24, 2.45) is 5.73 Å². The first kappa shape index (κ1) is 8.86. The Labute approximate surface area is 72.3 Å². The van der Waals surface area contributed by atoms with Crippen LogP contribution in [0.4, 0.5) is 0 Å². The highest BCUT2D eigenvalue weighted by Gasteiger charge is 2.10. The Morgan fingerprint density at radius 1 is 1.67 bits per heavy atom. The number of aromatic nitrogens is 1. The van der Waals surface area contributed by atoms with Crippen molar-refractivity contribution in [1.82, 2.24) is 4.98 Å². The van der Waals surface area contributed by atoms with E-state index in [2.05, 4.69) is 4.98 Å². The average molecular weight is 184 g/mol. The second-order valence-electron chi connectivity index (χ2n) is 2.17. The predicted molar refractivity (Wildman–Crippen MR) is 45.1 cm³/mol. The molecule has 1 heterocycles. The number of carbonyl (C=O) groups is 1. The Morgan fingerprint density at radius 2 is 2.33 bits per heavy atom. The standard InChI is InChI=1S/C7H8N2O2S/c1-12(11)7-5(6(8)10)3-2-4-9-7/h2-4H,1H3,(H2,8,10). The van der Waals surface area contributed by atoms with E-state index in [9.17, 15) is 9.00 Å². The maximum atomic E-state index is 11.0. The number of hydrogen-bond acceptors (Lipinski definition) is 3. The summed E-state index contributed by atoms with van der Waals surface area (Å²) in [6.45, 7) is 0. The second-order valence-corrected chi connectivity index (χ2v) is 3.47. The first-order valence-electron chi connectivity index (χ1n) is 3.21. The van der Waals surface area contributed by atoms with Gasteiger partial charge in [0, 0.05) is 12.5 Å². The third-order valence-electron chi connectivity index (χ3n) is 1.31. The third-order valence-corrected chi connectivity index (χ3v) is 2.18. The van der Waals surface area contributed by atoms with Crippen molar-refractivity contribution < 1.29 is 9.00 Å². The molecule has 0 aliphatic carbocycles. The van der Waals surface area contributed by atoms with E-state index in [1.807, 2.05) is 0 Å². The molecular weight excluding hydrogens is 176 g/mol. The van der Waals surface area contributed by atoms with E-state index in [1.165, 1.54) is 18.5 Å². The molecule has 4 nitrogen and oxygen atoms in total. The van der Waals surface area contributed by atoms with Crippen molar-refractivity contribution in [3.8, 4) is 0 Å². The fourth-order valence-corrected chi connectivity index (χ4v) is 1.50. The molecule has 1 aromatic rings. The van der Waals surface area contributed by atoms with Gasteiger partial charge >= 0.3 is 0 Å². The van der Waals surface area contributed by atoms with Gasteiger partial charge in [-0.25, -0.2) is 4.98 Å². The zero-order valence-electron chi connectivity index (χ0n) is 6.48. The molecule has 64 valence electrons. The molecule has 0 aliphatic rings. The minimum absolute atomic E-state index is 0.221. The van der Waals surface area contributed by atoms with Gasteiger partial charge in [-0.3, -0.25) is 9.00 Å². The summed E-state index contributed by atoms with van der Waals surface area (Å²) in [5.74, 6) is -0.603. The molecule has 1 rings (SSSR count). The van der Waals surface area contributed by atoms with Crippen LogP contribution in [0, 0.1) is 0 Å². The fraction of sp³-hybridized carbons (Fsp3) is 0.143. The molecule has 1 aromatic heterocycles. The Kier molecular flexibility index (Phi) is 2.54. The fourth-order valence-electron chi connectivity index (χ4n) is 0.807. The van der Waals surface area contributed by atoms with Crippen LogP contribution in [-0.4, -0.2) is 21.4 Å². The van der Waals surface area contributed by atoms with Gasteiger partial charge in [-0.05, 0) is 12.1 Å². The third kappa shape index (κ3) is 1.68. The molecule has 0 saturated heterocycles. The van der Waals surface area contributed by atoms with E-state index in [0.717, 1.165) is 0 Å². The molecule has 1 atom stereocenters. The largest absolute Gasteiger partial charge is 0.366 e. The highest BCUT2D eigenvalue weighted by atomic mass is 32.2. The molecule has 2 N–H and O–H groups in total. The van der Waals surface area contributed by atoms with Gasteiger partial charge in [-0.2, -0.15) is 0 Å². The molecule has 0 spiro atoms. The molecule has 0 saturated carbocycles. The van der Waals surface area contributed by atoms with Crippen LogP contribution in [-0.2, 0) is 10.8 Å². The first-order chi connectivity index (χ1) is 5.63. The molecule has 0 aliphatic heterocycles. The number of rotatable bonds is 2. The summed E-state index contributed by atoms with van der Waals surface area (Å²) in [5.41, 5.74) is 5.26. The van der Waals surface area contributed by atoms with Crippen molar-refractivity contribution in [3.05, 3.63) is 23.9 Å². The topological polar surface area (TPSA) is 73.1 Å². The molecule has 12 heavy (non-hydrogen) atoms. The quantitative estimate of drug-likeness (QED) is 0.698. The van der Waals surface area contributed by atoms with Gasteiger partial charge in [0.05, 0.1) is 16.4 Å². The van der Waals surface area contributed by atoms with Gasteiger partial charge in [0.15, 0.2) is 0 Å².